The maximum absolute atomic E-state index is 11.7. The maximum atomic E-state index is 11.7. The molecule has 4 heteroatoms. The monoisotopic (exact) mass is 226 g/mol. The molecule has 0 spiro atoms. The Morgan fingerprint density at radius 2 is 2.00 bits per heavy atom. The van der Waals surface area contributed by atoms with Crippen LogP contribution in [0.15, 0.2) is 0 Å². The van der Waals surface area contributed by atoms with Crippen molar-refractivity contribution in [1.29, 1.82) is 0 Å². The molecular formula is C12H22N2O2. The number of amides is 1. The molecule has 0 radical (unpaired) electrons. The van der Waals surface area contributed by atoms with E-state index in [0.717, 1.165) is 32.1 Å². The van der Waals surface area contributed by atoms with E-state index in [1.807, 2.05) is 0 Å². The van der Waals surface area contributed by atoms with Crippen molar-refractivity contribution < 1.29 is 9.90 Å². The first-order valence-electron chi connectivity index (χ1n) is 6.36. The molecule has 3 N–H and O–H groups in total. The topological polar surface area (TPSA) is 66.6 Å². The van der Waals surface area contributed by atoms with Crippen LogP contribution >= 0.6 is 0 Å². The molecule has 0 unspecified atom stereocenters. The standard InChI is InChI=1S/C12H22N2O2/c13-7-3-1-2-4-11(15)14-8-12(16,9-14)10-5-6-10/h10,16H,1-9,13H2. The first-order valence-corrected chi connectivity index (χ1v) is 6.36. The Morgan fingerprint density at radius 1 is 1.31 bits per heavy atom. The number of hydrogen-bond donors (Lipinski definition) is 2. The highest BCUT2D eigenvalue weighted by molar-refractivity contribution is 5.77. The average Bonchev–Trinajstić information content (AvgIpc) is 3.03. The fourth-order valence-electron chi connectivity index (χ4n) is 2.43. The van der Waals surface area contributed by atoms with Crippen LogP contribution in [-0.4, -0.2) is 41.1 Å². The lowest BCUT2D eigenvalue weighted by Crippen LogP contribution is -2.64. The molecule has 2 aliphatic rings. The van der Waals surface area contributed by atoms with E-state index in [1.165, 1.54) is 0 Å². The van der Waals surface area contributed by atoms with Crippen molar-refractivity contribution in [2.45, 2.75) is 44.1 Å². The van der Waals surface area contributed by atoms with Crippen molar-refractivity contribution in [3.05, 3.63) is 0 Å². The third-order valence-electron chi connectivity index (χ3n) is 3.71. The van der Waals surface area contributed by atoms with Crippen LogP contribution in [-0.2, 0) is 4.79 Å². The molecule has 1 aliphatic heterocycles. The molecule has 0 aromatic rings. The van der Waals surface area contributed by atoms with Gasteiger partial charge in [0, 0.05) is 6.42 Å². The van der Waals surface area contributed by atoms with Gasteiger partial charge in [0.15, 0.2) is 0 Å². The number of carbonyl (C=O) groups excluding carboxylic acids is 1. The highest BCUT2D eigenvalue weighted by Crippen LogP contribution is 2.44. The zero-order valence-electron chi connectivity index (χ0n) is 9.82. The summed E-state index contributed by atoms with van der Waals surface area (Å²) in [5.74, 6) is 0.663. The molecule has 2 fully saturated rings. The number of hydrogen-bond acceptors (Lipinski definition) is 3. The van der Waals surface area contributed by atoms with Gasteiger partial charge in [0.05, 0.1) is 13.1 Å². The van der Waals surface area contributed by atoms with Gasteiger partial charge in [-0.25, -0.2) is 0 Å². The Bertz CT molecular complexity index is 258. The molecule has 1 saturated carbocycles. The molecule has 0 bridgehead atoms. The summed E-state index contributed by atoms with van der Waals surface area (Å²) in [6.45, 7) is 1.83. The van der Waals surface area contributed by atoms with E-state index < -0.39 is 5.60 Å². The number of rotatable bonds is 6. The lowest BCUT2D eigenvalue weighted by molar-refractivity contribution is -0.159. The largest absolute Gasteiger partial charge is 0.386 e. The fourth-order valence-corrected chi connectivity index (χ4v) is 2.43. The summed E-state index contributed by atoms with van der Waals surface area (Å²) in [5, 5.41) is 10.1. The Balaban J connectivity index is 1.61. The summed E-state index contributed by atoms with van der Waals surface area (Å²) in [4.78, 5) is 13.5. The highest BCUT2D eigenvalue weighted by Gasteiger charge is 2.52. The number of likely N-dealkylation sites (tertiary alicyclic amines) is 1. The third kappa shape index (κ3) is 2.55. The predicted octanol–water partition coefficient (Wildman–Crippen LogP) is 0.489. The Morgan fingerprint density at radius 3 is 2.56 bits per heavy atom. The minimum Gasteiger partial charge on any atom is -0.386 e. The number of unbranched alkanes of at least 4 members (excludes halogenated alkanes) is 2. The number of nitrogens with zero attached hydrogens (tertiary/aromatic N) is 1. The van der Waals surface area contributed by atoms with Gasteiger partial charge < -0.3 is 15.7 Å². The van der Waals surface area contributed by atoms with Crippen LogP contribution in [0.1, 0.15) is 38.5 Å². The van der Waals surface area contributed by atoms with E-state index in [9.17, 15) is 9.90 Å². The molecule has 1 heterocycles. The molecule has 1 saturated heterocycles. The second-order valence-corrected chi connectivity index (χ2v) is 5.23. The summed E-state index contributed by atoms with van der Waals surface area (Å²) >= 11 is 0. The molecule has 0 atom stereocenters. The normalized spacial score (nSPS) is 23.0. The van der Waals surface area contributed by atoms with Gasteiger partial charge in [0.2, 0.25) is 5.91 Å². The van der Waals surface area contributed by atoms with E-state index in [1.54, 1.807) is 4.90 Å². The van der Waals surface area contributed by atoms with E-state index in [-0.39, 0.29) is 5.91 Å². The first-order chi connectivity index (χ1) is 7.65. The smallest absolute Gasteiger partial charge is 0.222 e. The van der Waals surface area contributed by atoms with E-state index in [4.69, 9.17) is 5.73 Å². The molecule has 1 aliphatic carbocycles. The van der Waals surface area contributed by atoms with Crippen molar-refractivity contribution in [3.63, 3.8) is 0 Å². The number of aliphatic hydroxyl groups is 1. The van der Waals surface area contributed by atoms with Crippen molar-refractivity contribution in [3.8, 4) is 0 Å². The summed E-state index contributed by atoms with van der Waals surface area (Å²) < 4.78 is 0. The van der Waals surface area contributed by atoms with Gasteiger partial charge in [-0.15, -0.1) is 0 Å². The maximum Gasteiger partial charge on any atom is 0.222 e. The quantitative estimate of drug-likeness (QED) is 0.648. The zero-order valence-corrected chi connectivity index (χ0v) is 9.82. The predicted molar refractivity (Wildman–Crippen MR) is 61.8 cm³/mol. The van der Waals surface area contributed by atoms with Gasteiger partial charge in [-0.1, -0.05) is 6.42 Å². The van der Waals surface area contributed by atoms with Crippen molar-refractivity contribution in [1.82, 2.24) is 4.90 Å². The average molecular weight is 226 g/mol. The Kier molecular flexibility index (Phi) is 3.50. The minimum absolute atomic E-state index is 0.197. The van der Waals surface area contributed by atoms with E-state index in [0.29, 0.717) is 32.0 Å². The minimum atomic E-state index is -0.535. The number of β-amino-alcohol motifs (C(OH)–C–C–N with tert-alkyl or cyclic N) is 1. The number of nitrogens with two attached hydrogens (primary N) is 1. The Labute approximate surface area is 96.8 Å². The summed E-state index contributed by atoms with van der Waals surface area (Å²) in [5.41, 5.74) is 4.86. The van der Waals surface area contributed by atoms with Crippen molar-refractivity contribution in [2.75, 3.05) is 19.6 Å². The summed E-state index contributed by atoms with van der Waals surface area (Å²) in [6, 6.07) is 0. The highest BCUT2D eigenvalue weighted by atomic mass is 16.3. The Hall–Kier alpha value is -0.610. The fraction of sp³-hybridized carbons (Fsp3) is 0.917. The van der Waals surface area contributed by atoms with Crippen LogP contribution < -0.4 is 5.73 Å². The van der Waals surface area contributed by atoms with Gasteiger partial charge in [0.1, 0.15) is 5.60 Å². The second kappa shape index (κ2) is 4.72. The van der Waals surface area contributed by atoms with Crippen LogP contribution in [0.4, 0.5) is 0 Å². The molecule has 2 rings (SSSR count). The molecule has 0 aromatic carbocycles. The van der Waals surface area contributed by atoms with Crippen molar-refractivity contribution in [2.24, 2.45) is 11.7 Å². The molecular weight excluding hydrogens is 204 g/mol. The summed E-state index contributed by atoms with van der Waals surface area (Å²) in [7, 11) is 0. The SMILES string of the molecule is NCCCCCC(=O)N1CC(O)(C2CC2)C1. The van der Waals surface area contributed by atoms with Gasteiger partial charge in [-0.05, 0) is 38.1 Å². The third-order valence-corrected chi connectivity index (χ3v) is 3.71. The van der Waals surface area contributed by atoms with Crippen LogP contribution in [0.25, 0.3) is 0 Å². The second-order valence-electron chi connectivity index (χ2n) is 5.23. The van der Waals surface area contributed by atoms with Gasteiger partial charge >= 0.3 is 0 Å². The van der Waals surface area contributed by atoms with E-state index >= 15 is 0 Å². The molecule has 16 heavy (non-hydrogen) atoms. The van der Waals surface area contributed by atoms with Crippen LogP contribution in [0.5, 0.6) is 0 Å². The van der Waals surface area contributed by atoms with E-state index in [2.05, 4.69) is 0 Å². The molecule has 92 valence electrons. The molecule has 0 aromatic heterocycles. The van der Waals surface area contributed by atoms with Gasteiger partial charge in [0.25, 0.3) is 0 Å². The lowest BCUT2D eigenvalue weighted by atomic mass is 9.88. The van der Waals surface area contributed by atoms with Crippen LogP contribution in [0, 0.1) is 5.92 Å². The molecule has 4 nitrogen and oxygen atoms in total. The summed E-state index contributed by atoms with van der Waals surface area (Å²) in [6.07, 6.45) is 5.83. The van der Waals surface area contributed by atoms with Crippen molar-refractivity contribution >= 4 is 5.91 Å². The zero-order chi connectivity index (χ0) is 11.6. The van der Waals surface area contributed by atoms with Crippen LogP contribution in [0.3, 0.4) is 0 Å². The lowest BCUT2D eigenvalue weighted by Gasteiger charge is -2.47. The van der Waals surface area contributed by atoms with Gasteiger partial charge in [-0.2, -0.15) is 0 Å². The molecule has 1 amide bonds. The first kappa shape index (κ1) is 11.9. The van der Waals surface area contributed by atoms with Crippen LogP contribution in [0.2, 0.25) is 0 Å². The van der Waals surface area contributed by atoms with Gasteiger partial charge in [-0.3, -0.25) is 4.79 Å². The number of carbonyl (C=O) groups is 1.